The van der Waals surface area contributed by atoms with Gasteiger partial charge in [-0.05, 0) is 50.9 Å². The number of nitrogen functional groups attached to an aromatic ring is 1. The van der Waals surface area contributed by atoms with Crippen LogP contribution in [-0.2, 0) is 6.42 Å². The Balaban J connectivity index is 1.89. The van der Waals surface area contributed by atoms with Gasteiger partial charge in [-0.15, -0.1) is 0 Å². The average molecular weight is 218 g/mol. The van der Waals surface area contributed by atoms with Gasteiger partial charge >= 0.3 is 0 Å². The summed E-state index contributed by atoms with van der Waals surface area (Å²) in [6.07, 6.45) is 6.45. The molecule has 2 nitrogen and oxygen atoms in total. The second kappa shape index (κ2) is 5.35. The third kappa shape index (κ3) is 2.76. The zero-order chi connectivity index (χ0) is 11.4. The summed E-state index contributed by atoms with van der Waals surface area (Å²) in [6.45, 7) is 1.26. The first-order valence-corrected chi connectivity index (χ1v) is 6.31. The number of hydrogen-bond donors (Lipinski definition) is 1. The van der Waals surface area contributed by atoms with Gasteiger partial charge in [0.1, 0.15) is 0 Å². The van der Waals surface area contributed by atoms with E-state index in [-0.39, 0.29) is 0 Å². The van der Waals surface area contributed by atoms with Crippen LogP contribution in [0.2, 0.25) is 0 Å². The molecule has 1 atom stereocenters. The van der Waals surface area contributed by atoms with Crippen LogP contribution in [0.25, 0.3) is 0 Å². The maximum atomic E-state index is 5.96. The number of nitrogens with zero attached hydrogens (tertiary/aromatic N) is 1. The van der Waals surface area contributed by atoms with Crippen molar-refractivity contribution in [3.8, 4) is 0 Å². The smallest absolute Gasteiger partial charge is 0.0346 e. The van der Waals surface area contributed by atoms with Crippen LogP contribution >= 0.6 is 0 Å². The van der Waals surface area contributed by atoms with E-state index in [9.17, 15) is 0 Å². The van der Waals surface area contributed by atoms with Crippen LogP contribution in [0.5, 0.6) is 0 Å². The van der Waals surface area contributed by atoms with Crippen molar-refractivity contribution in [3.63, 3.8) is 0 Å². The van der Waals surface area contributed by atoms with Crippen molar-refractivity contribution in [2.24, 2.45) is 0 Å². The second-order valence-electron chi connectivity index (χ2n) is 4.87. The topological polar surface area (TPSA) is 29.3 Å². The molecule has 2 rings (SSSR count). The number of likely N-dealkylation sites (tertiary alicyclic amines) is 1. The molecule has 1 aromatic carbocycles. The van der Waals surface area contributed by atoms with Gasteiger partial charge in [-0.2, -0.15) is 0 Å². The molecule has 0 aliphatic carbocycles. The van der Waals surface area contributed by atoms with Crippen molar-refractivity contribution in [3.05, 3.63) is 29.8 Å². The summed E-state index contributed by atoms with van der Waals surface area (Å²) in [6, 6.07) is 8.99. The van der Waals surface area contributed by atoms with Crippen molar-refractivity contribution in [2.45, 2.75) is 38.1 Å². The number of rotatable bonds is 3. The van der Waals surface area contributed by atoms with Gasteiger partial charge in [-0.1, -0.05) is 24.6 Å². The molecule has 1 fully saturated rings. The van der Waals surface area contributed by atoms with E-state index in [1.807, 2.05) is 12.1 Å². The molecule has 1 aliphatic heterocycles. The van der Waals surface area contributed by atoms with Crippen molar-refractivity contribution in [1.82, 2.24) is 4.90 Å². The summed E-state index contributed by atoms with van der Waals surface area (Å²) < 4.78 is 0. The maximum absolute atomic E-state index is 5.96. The molecule has 0 unspecified atom stereocenters. The predicted molar refractivity (Wildman–Crippen MR) is 69.4 cm³/mol. The highest BCUT2D eigenvalue weighted by molar-refractivity contribution is 5.46. The van der Waals surface area contributed by atoms with Crippen LogP contribution in [-0.4, -0.2) is 24.5 Å². The third-order valence-corrected chi connectivity index (χ3v) is 3.72. The molecule has 1 heterocycles. The van der Waals surface area contributed by atoms with E-state index in [4.69, 9.17) is 5.73 Å². The van der Waals surface area contributed by atoms with Crippen LogP contribution < -0.4 is 5.73 Å². The van der Waals surface area contributed by atoms with Crippen molar-refractivity contribution in [2.75, 3.05) is 19.3 Å². The Morgan fingerprint density at radius 1 is 1.31 bits per heavy atom. The quantitative estimate of drug-likeness (QED) is 0.790. The van der Waals surface area contributed by atoms with Crippen LogP contribution in [0, 0.1) is 0 Å². The molecule has 0 amide bonds. The number of para-hydroxylation sites is 1. The summed E-state index contributed by atoms with van der Waals surface area (Å²) >= 11 is 0. The summed E-state index contributed by atoms with van der Waals surface area (Å²) in [5.74, 6) is 0. The van der Waals surface area contributed by atoms with Gasteiger partial charge in [-0.25, -0.2) is 0 Å². The zero-order valence-corrected chi connectivity index (χ0v) is 10.2. The highest BCUT2D eigenvalue weighted by Crippen LogP contribution is 2.21. The second-order valence-corrected chi connectivity index (χ2v) is 4.87. The zero-order valence-electron chi connectivity index (χ0n) is 10.2. The third-order valence-electron chi connectivity index (χ3n) is 3.72. The monoisotopic (exact) mass is 218 g/mol. The Hall–Kier alpha value is -1.02. The lowest BCUT2D eigenvalue weighted by molar-refractivity contribution is 0.176. The lowest BCUT2D eigenvalue weighted by Gasteiger charge is -2.32. The van der Waals surface area contributed by atoms with Crippen LogP contribution in [0.15, 0.2) is 24.3 Å². The van der Waals surface area contributed by atoms with Gasteiger partial charge in [0, 0.05) is 11.7 Å². The minimum atomic E-state index is 0.758. The molecule has 0 aromatic heterocycles. The molecule has 2 heteroatoms. The van der Waals surface area contributed by atoms with Gasteiger partial charge in [-0.3, -0.25) is 0 Å². The molecular formula is C14H22N2. The number of piperidine rings is 1. The standard InChI is InChI=1S/C14H22N2/c1-16-11-5-4-7-13(16)10-9-12-6-2-3-8-14(12)15/h2-3,6,8,13H,4-5,7,9-11,15H2,1H3/t13-/m1/s1. The van der Waals surface area contributed by atoms with Crippen molar-refractivity contribution < 1.29 is 0 Å². The van der Waals surface area contributed by atoms with Crippen LogP contribution in [0.1, 0.15) is 31.2 Å². The van der Waals surface area contributed by atoms with Gasteiger partial charge in [0.15, 0.2) is 0 Å². The SMILES string of the molecule is CN1CCCC[C@@H]1CCc1ccccc1N. The fraction of sp³-hybridized carbons (Fsp3) is 0.571. The Kier molecular flexibility index (Phi) is 3.83. The molecule has 88 valence electrons. The fourth-order valence-corrected chi connectivity index (χ4v) is 2.59. The Labute approximate surface area is 98.4 Å². The summed E-state index contributed by atoms with van der Waals surface area (Å²) in [5, 5.41) is 0. The van der Waals surface area contributed by atoms with E-state index in [0.717, 1.165) is 18.2 Å². The number of benzene rings is 1. The Morgan fingerprint density at radius 3 is 2.88 bits per heavy atom. The largest absolute Gasteiger partial charge is 0.399 e. The molecule has 1 saturated heterocycles. The molecule has 1 aromatic rings. The molecule has 0 saturated carbocycles. The van der Waals surface area contributed by atoms with E-state index in [2.05, 4.69) is 24.1 Å². The van der Waals surface area contributed by atoms with Gasteiger partial charge in [0.25, 0.3) is 0 Å². The lowest BCUT2D eigenvalue weighted by atomic mass is 9.96. The van der Waals surface area contributed by atoms with Gasteiger partial charge in [0.2, 0.25) is 0 Å². The average Bonchev–Trinajstić information content (AvgIpc) is 2.30. The van der Waals surface area contributed by atoms with E-state index in [1.165, 1.54) is 37.8 Å². The van der Waals surface area contributed by atoms with E-state index in [0.29, 0.717) is 0 Å². The highest BCUT2D eigenvalue weighted by Gasteiger charge is 2.18. The Bertz CT molecular complexity index is 335. The first kappa shape index (κ1) is 11.5. The van der Waals surface area contributed by atoms with E-state index < -0.39 is 0 Å². The first-order chi connectivity index (χ1) is 7.77. The maximum Gasteiger partial charge on any atom is 0.0346 e. The molecule has 0 spiro atoms. The van der Waals surface area contributed by atoms with Crippen molar-refractivity contribution in [1.29, 1.82) is 0 Å². The summed E-state index contributed by atoms with van der Waals surface area (Å²) in [5.41, 5.74) is 8.21. The fourth-order valence-electron chi connectivity index (χ4n) is 2.59. The number of nitrogens with two attached hydrogens (primary N) is 1. The molecule has 16 heavy (non-hydrogen) atoms. The predicted octanol–water partition coefficient (Wildman–Crippen LogP) is 2.69. The molecule has 1 aliphatic rings. The number of anilines is 1. The number of aryl methyl sites for hydroxylation is 1. The van der Waals surface area contributed by atoms with Gasteiger partial charge in [0.05, 0.1) is 0 Å². The molecule has 0 radical (unpaired) electrons. The summed E-state index contributed by atoms with van der Waals surface area (Å²) in [7, 11) is 2.25. The highest BCUT2D eigenvalue weighted by atomic mass is 15.1. The lowest BCUT2D eigenvalue weighted by Crippen LogP contribution is -2.36. The Morgan fingerprint density at radius 2 is 2.12 bits per heavy atom. The van der Waals surface area contributed by atoms with Crippen LogP contribution in [0.4, 0.5) is 5.69 Å². The minimum absolute atomic E-state index is 0.758. The molecule has 2 N–H and O–H groups in total. The molecular weight excluding hydrogens is 196 g/mol. The number of hydrogen-bond acceptors (Lipinski definition) is 2. The van der Waals surface area contributed by atoms with Gasteiger partial charge < -0.3 is 10.6 Å². The normalized spacial score (nSPS) is 22.2. The van der Waals surface area contributed by atoms with Crippen molar-refractivity contribution >= 4 is 5.69 Å². The minimum Gasteiger partial charge on any atom is -0.399 e. The van der Waals surface area contributed by atoms with E-state index >= 15 is 0 Å². The first-order valence-electron chi connectivity index (χ1n) is 6.31. The van der Waals surface area contributed by atoms with Crippen LogP contribution in [0.3, 0.4) is 0 Å². The summed E-state index contributed by atoms with van der Waals surface area (Å²) in [4.78, 5) is 2.50. The molecule has 0 bridgehead atoms. The van der Waals surface area contributed by atoms with E-state index in [1.54, 1.807) is 0 Å².